The Bertz CT molecular complexity index is 913. The van der Waals surface area contributed by atoms with Crippen molar-refractivity contribution >= 4 is 29.8 Å². The normalized spacial score (nSPS) is 15.0. The van der Waals surface area contributed by atoms with Gasteiger partial charge in [-0.25, -0.2) is 0 Å². The lowest BCUT2D eigenvalue weighted by molar-refractivity contribution is -0.254. The lowest BCUT2D eigenvalue weighted by Gasteiger charge is -2.28. The fourth-order valence-electron chi connectivity index (χ4n) is 3.26. The summed E-state index contributed by atoms with van der Waals surface area (Å²) in [5, 5.41) is 49.4. The Balaban J connectivity index is 5.46. The number of aliphatic carboxylic acids is 1. The van der Waals surface area contributed by atoms with Gasteiger partial charge >= 0.3 is 23.9 Å². The van der Waals surface area contributed by atoms with E-state index >= 15 is 0 Å². The molecule has 0 aromatic carbocycles. The van der Waals surface area contributed by atoms with Gasteiger partial charge in [0.1, 0.15) is 32.0 Å². The molecule has 0 aliphatic rings. The van der Waals surface area contributed by atoms with Crippen LogP contribution >= 0.6 is 0 Å². The van der Waals surface area contributed by atoms with Crippen molar-refractivity contribution in [3.8, 4) is 0 Å². The summed E-state index contributed by atoms with van der Waals surface area (Å²) in [6, 6.07) is 0. The van der Waals surface area contributed by atoms with Gasteiger partial charge in [0.25, 0.3) is 0 Å². The van der Waals surface area contributed by atoms with Gasteiger partial charge in [0, 0.05) is 13.5 Å². The molecule has 0 radical (unpaired) electrons. The maximum atomic E-state index is 12.3. The van der Waals surface area contributed by atoms with Crippen molar-refractivity contribution in [1.29, 1.82) is 0 Å². The van der Waals surface area contributed by atoms with Crippen LogP contribution in [0.3, 0.4) is 0 Å². The summed E-state index contributed by atoms with van der Waals surface area (Å²) >= 11 is 0. The highest BCUT2D eigenvalue weighted by Gasteiger charge is 2.25. The predicted octanol–water partition coefficient (Wildman–Crippen LogP) is -2.80. The second-order valence-electron chi connectivity index (χ2n) is 9.72. The van der Waals surface area contributed by atoms with Crippen LogP contribution < -0.4 is 5.32 Å². The van der Waals surface area contributed by atoms with E-state index in [1.807, 2.05) is 0 Å². The number of carbonyl (C=O) groups excluding carboxylic acids is 4. The number of nitrogens with one attached hydrogen (secondary N) is 1. The van der Waals surface area contributed by atoms with Crippen molar-refractivity contribution in [2.45, 2.75) is 76.2 Å². The highest BCUT2D eigenvalue weighted by atomic mass is 16.7. The largest absolute Gasteiger partial charge is 0.481 e. The Morgan fingerprint density at radius 1 is 0.604 bits per heavy atom. The summed E-state index contributed by atoms with van der Waals surface area (Å²) < 4.78 is 47.4. The van der Waals surface area contributed by atoms with E-state index in [9.17, 15) is 44.4 Å². The molecule has 0 heterocycles. The molecule has 0 aromatic heterocycles. The van der Waals surface area contributed by atoms with Crippen LogP contribution in [0, 0.1) is 0 Å². The van der Waals surface area contributed by atoms with Crippen LogP contribution in [-0.4, -0.2) is 166 Å². The number of methoxy groups -OCH3 is 2. The average Bonchev–Trinajstić information content (AvgIpc) is 3.09. The zero-order valence-corrected chi connectivity index (χ0v) is 27.3. The number of esters is 3. The number of carboxylic acid groups (broad SMARTS) is 1. The minimum absolute atomic E-state index is 0.315. The van der Waals surface area contributed by atoms with Gasteiger partial charge in [-0.1, -0.05) is 6.92 Å². The van der Waals surface area contributed by atoms with E-state index < -0.39 is 126 Å². The molecule has 48 heavy (non-hydrogen) atoms. The second kappa shape index (κ2) is 27.9. The average molecular weight is 704 g/mol. The molecule has 280 valence electrons. The lowest BCUT2D eigenvalue weighted by Crippen LogP contribution is -2.40. The molecule has 0 rings (SSSR count). The Labute approximate surface area is 277 Å². The summed E-state index contributed by atoms with van der Waals surface area (Å²) in [5.74, 6) is -4.18. The Kier molecular flexibility index (Phi) is 26.1. The molecule has 1 amide bonds. The number of amides is 1. The number of ether oxygens (including phenoxy) is 9. The minimum atomic E-state index is -1.41. The first-order valence-corrected chi connectivity index (χ1v) is 15.0. The highest BCUT2D eigenvalue weighted by Crippen LogP contribution is 2.11. The third-order valence-corrected chi connectivity index (χ3v) is 5.96. The third-order valence-electron chi connectivity index (χ3n) is 5.96. The van der Waals surface area contributed by atoms with Crippen LogP contribution in [0.25, 0.3) is 0 Å². The number of aliphatic hydroxyl groups excluding tert-OH is 4. The van der Waals surface area contributed by atoms with Crippen molar-refractivity contribution in [3.63, 3.8) is 0 Å². The zero-order valence-electron chi connectivity index (χ0n) is 27.3. The monoisotopic (exact) mass is 703 g/mol. The Morgan fingerprint density at radius 3 is 1.50 bits per heavy atom. The molecule has 20 nitrogen and oxygen atoms in total. The van der Waals surface area contributed by atoms with Crippen LogP contribution in [-0.2, 0) is 66.6 Å². The smallest absolute Gasteiger partial charge is 0.325 e. The molecule has 0 saturated heterocycles. The molecule has 0 spiro atoms. The molecule has 0 aliphatic carbocycles. The third kappa shape index (κ3) is 22.5. The van der Waals surface area contributed by atoms with Crippen molar-refractivity contribution < 1.29 is 92.1 Å². The number of carbonyl (C=O) groups is 5. The van der Waals surface area contributed by atoms with E-state index in [4.69, 9.17) is 43.0 Å². The quantitative estimate of drug-likeness (QED) is 0.0250. The number of hydrogen-bond acceptors (Lipinski definition) is 18. The van der Waals surface area contributed by atoms with Gasteiger partial charge in [-0.2, -0.15) is 0 Å². The van der Waals surface area contributed by atoms with E-state index in [-0.39, 0.29) is 26.0 Å². The summed E-state index contributed by atoms with van der Waals surface area (Å²) in [4.78, 5) is 57.9. The Morgan fingerprint density at radius 2 is 1.08 bits per heavy atom. The maximum Gasteiger partial charge on any atom is 0.325 e. The summed E-state index contributed by atoms with van der Waals surface area (Å²) in [6.07, 6.45) is -7.91. The lowest BCUT2D eigenvalue weighted by atomic mass is 10.3. The Hall–Kier alpha value is -3.05. The summed E-state index contributed by atoms with van der Waals surface area (Å²) in [7, 11) is 2.41. The van der Waals surface area contributed by atoms with Crippen molar-refractivity contribution in [1.82, 2.24) is 5.32 Å². The van der Waals surface area contributed by atoms with Crippen LogP contribution in [0.5, 0.6) is 0 Å². The minimum Gasteiger partial charge on any atom is -0.481 e. The topological polar surface area (TPSA) is 282 Å². The SMILES string of the molecule is CCC(CO)OC(COC(=O)CCC(=O)O)OCC(CO)OC(COC(=O)CCC(=O)NCC(=O)OC)OCC(CO)OC(CO)OC. The van der Waals surface area contributed by atoms with Gasteiger partial charge in [-0.15, -0.1) is 0 Å². The molecule has 0 fully saturated rings. The van der Waals surface area contributed by atoms with Gasteiger partial charge in [-0.05, 0) is 6.42 Å². The van der Waals surface area contributed by atoms with Gasteiger partial charge < -0.3 is 73.5 Å². The van der Waals surface area contributed by atoms with Crippen LogP contribution in [0.15, 0.2) is 0 Å². The van der Waals surface area contributed by atoms with Crippen molar-refractivity contribution in [2.75, 3.05) is 73.6 Å². The van der Waals surface area contributed by atoms with E-state index in [0.29, 0.717) is 6.42 Å². The van der Waals surface area contributed by atoms with Gasteiger partial charge in [0.15, 0.2) is 18.9 Å². The fourth-order valence-corrected chi connectivity index (χ4v) is 3.26. The highest BCUT2D eigenvalue weighted by molar-refractivity contribution is 5.84. The maximum absolute atomic E-state index is 12.3. The van der Waals surface area contributed by atoms with Gasteiger partial charge in [0.05, 0.1) is 72.1 Å². The van der Waals surface area contributed by atoms with Gasteiger partial charge in [-0.3, -0.25) is 24.0 Å². The molecule has 0 bridgehead atoms. The summed E-state index contributed by atoms with van der Waals surface area (Å²) in [6.45, 7) is -2.70. The molecule has 0 aliphatic heterocycles. The van der Waals surface area contributed by atoms with Crippen LogP contribution in [0.2, 0.25) is 0 Å². The molecule has 20 heteroatoms. The number of aliphatic hydroxyl groups is 4. The molecule has 6 atom stereocenters. The summed E-state index contributed by atoms with van der Waals surface area (Å²) in [5.41, 5.74) is 0. The standard InChI is InChI=1S/C28H49NO19/c1-4-18(10-30)46-27(16-43-24(38)8-6-22(35)36)44-15-20(12-32)48-28(45-14-19(11-31)47-26(13-33)41-3)17-42-23(37)7-5-21(34)29-9-25(39)40-2/h18-20,26-28,30-33H,4-17H2,1-3H3,(H,29,34)(H,35,36). The van der Waals surface area contributed by atoms with E-state index in [2.05, 4.69) is 10.1 Å². The number of rotatable bonds is 30. The zero-order chi connectivity index (χ0) is 36.3. The molecule has 0 saturated carbocycles. The molecule has 6 unspecified atom stereocenters. The predicted molar refractivity (Wildman–Crippen MR) is 157 cm³/mol. The number of hydrogen-bond donors (Lipinski definition) is 6. The second-order valence-corrected chi connectivity index (χ2v) is 9.72. The van der Waals surface area contributed by atoms with Crippen molar-refractivity contribution in [2.24, 2.45) is 0 Å². The van der Waals surface area contributed by atoms with E-state index in [0.717, 1.165) is 7.11 Å². The van der Waals surface area contributed by atoms with Gasteiger partial charge in [0.2, 0.25) is 5.91 Å². The van der Waals surface area contributed by atoms with Crippen molar-refractivity contribution in [3.05, 3.63) is 0 Å². The molecular formula is C28H49NO19. The van der Waals surface area contributed by atoms with E-state index in [1.165, 1.54) is 7.11 Å². The molecule has 6 N–H and O–H groups in total. The van der Waals surface area contributed by atoms with Crippen LogP contribution in [0.4, 0.5) is 0 Å². The first-order valence-electron chi connectivity index (χ1n) is 15.0. The molecule has 0 aromatic rings. The number of carboxylic acids is 1. The first kappa shape index (κ1) is 44.9. The first-order chi connectivity index (χ1) is 22.9. The van der Waals surface area contributed by atoms with E-state index in [1.54, 1.807) is 6.92 Å². The van der Waals surface area contributed by atoms with Crippen LogP contribution in [0.1, 0.15) is 39.0 Å². The molecular weight excluding hydrogens is 654 g/mol. The fraction of sp³-hybridized carbons (Fsp3) is 0.821.